The van der Waals surface area contributed by atoms with Crippen molar-refractivity contribution in [2.45, 2.75) is 5.41 Å². The average Bonchev–Trinajstić information content (AvgIpc) is 3.49. The molecule has 0 unspecified atom stereocenters. The summed E-state index contributed by atoms with van der Waals surface area (Å²) in [6.45, 7) is 7.06. The van der Waals surface area contributed by atoms with Crippen LogP contribution in [0.1, 0.15) is 22.3 Å². The van der Waals surface area contributed by atoms with Crippen LogP contribution in [0.2, 0.25) is 0 Å². The van der Waals surface area contributed by atoms with Crippen LogP contribution in [0.4, 0.5) is 0 Å². The van der Waals surface area contributed by atoms with Gasteiger partial charge in [-0.3, -0.25) is 0 Å². The first-order valence-corrected chi connectivity index (χ1v) is 16.8. The normalized spacial score (nSPS) is 12.8. The highest BCUT2D eigenvalue weighted by atomic mass is 16.5. The second-order valence-corrected chi connectivity index (χ2v) is 12.9. The molecule has 0 amide bonds. The van der Waals surface area contributed by atoms with Gasteiger partial charge in [0.15, 0.2) is 0 Å². The van der Waals surface area contributed by atoms with Crippen LogP contribution in [0.5, 0.6) is 11.5 Å². The summed E-state index contributed by atoms with van der Waals surface area (Å²) in [5, 5.41) is 8.67. The van der Waals surface area contributed by atoms with Crippen LogP contribution in [0, 0.1) is 0 Å². The Morgan fingerprint density at radius 3 is 1.29 bits per heavy atom. The molecule has 4 heteroatoms. The molecule has 0 spiro atoms. The van der Waals surface area contributed by atoms with Crippen molar-refractivity contribution in [3.05, 3.63) is 193 Å². The highest BCUT2D eigenvalue weighted by Gasteiger charge is 2.48. The number of hydrogen-bond acceptors (Lipinski definition) is 4. The van der Waals surface area contributed by atoms with Crippen LogP contribution < -0.4 is 9.47 Å². The largest absolute Gasteiger partial charge is 0.423 e. The van der Waals surface area contributed by atoms with Gasteiger partial charge in [0.25, 0.3) is 0 Å². The molecule has 4 nitrogen and oxygen atoms in total. The molecule has 0 aromatic heterocycles. The first-order chi connectivity index (χ1) is 25.0. The minimum atomic E-state index is -0.725. The van der Waals surface area contributed by atoms with Crippen molar-refractivity contribution >= 4 is 55.0 Å². The molecule has 51 heavy (non-hydrogen) atoms. The zero-order chi connectivity index (χ0) is 34.7. The molecule has 0 atom stereocenters. The first kappa shape index (κ1) is 30.3. The van der Waals surface area contributed by atoms with Gasteiger partial charge in [-0.15, -0.1) is 0 Å². The van der Waals surface area contributed by atoms with Crippen molar-refractivity contribution in [3.63, 3.8) is 0 Å². The van der Waals surface area contributed by atoms with Gasteiger partial charge in [0.2, 0.25) is 0 Å². The Balaban J connectivity index is 1.39. The van der Waals surface area contributed by atoms with Gasteiger partial charge in [-0.1, -0.05) is 122 Å². The number of rotatable bonds is 6. The maximum atomic E-state index is 12.0. The van der Waals surface area contributed by atoms with Crippen molar-refractivity contribution in [3.8, 4) is 22.6 Å². The Morgan fingerprint density at radius 1 is 0.451 bits per heavy atom. The Labute approximate surface area is 294 Å². The highest BCUT2D eigenvalue weighted by Crippen LogP contribution is 2.60. The minimum absolute atomic E-state index is 0.469. The minimum Gasteiger partial charge on any atom is -0.423 e. The molecule has 0 bridgehead atoms. The lowest BCUT2D eigenvalue weighted by Crippen LogP contribution is -2.29. The summed E-state index contributed by atoms with van der Waals surface area (Å²) < 4.78 is 10.9. The van der Waals surface area contributed by atoms with E-state index < -0.39 is 17.4 Å². The van der Waals surface area contributed by atoms with Gasteiger partial charge in [-0.05, 0) is 113 Å². The van der Waals surface area contributed by atoms with Crippen molar-refractivity contribution in [2.24, 2.45) is 0 Å². The number of ether oxygens (including phenoxy) is 2. The van der Waals surface area contributed by atoms with Gasteiger partial charge >= 0.3 is 11.9 Å². The summed E-state index contributed by atoms with van der Waals surface area (Å²) in [5.41, 5.74) is 6.39. The van der Waals surface area contributed by atoms with Crippen molar-refractivity contribution < 1.29 is 19.1 Å². The molecule has 8 aromatic rings. The van der Waals surface area contributed by atoms with E-state index in [0.29, 0.717) is 11.5 Å². The topological polar surface area (TPSA) is 52.6 Å². The molecule has 9 rings (SSSR count). The van der Waals surface area contributed by atoms with Crippen LogP contribution in [0.3, 0.4) is 0 Å². The summed E-state index contributed by atoms with van der Waals surface area (Å²) in [6.07, 6.45) is 2.33. The summed E-state index contributed by atoms with van der Waals surface area (Å²) in [6, 6.07) is 50.9. The van der Waals surface area contributed by atoms with E-state index in [2.05, 4.69) is 122 Å². The van der Waals surface area contributed by atoms with Crippen molar-refractivity contribution in [2.75, 3.05) is 0 Å². The average molecular weight is 659 g/mol. The van der Waals surface area contributed by atoms with Gasteiger partial charge in [-0.25, -0.2) is 9.59 Å². The quantitative estimate of drug-likeness (QED) is 0.101. The second kappa shape index (κ2) is 11.7. The Morgan fingerprint density at radius 2 is 0.843 bits per heavy atom. The van der Waals surface area contributed by atoms with Crippen LogP contribution in [0.15, 0.2) is 171 Å². The summed E-state index contributed by atoms with van der Waals surface area (Å²) in [5.74, 6) is -0.0533. The maximum Gasteiger partial charge on any atom is 0.335 e. The molecule has 0 saturated heterocycles. The third-order valence-corrected chi connectivity index (χ3v) is 10.2. The van der Waals surface area contributed by atoms with Crippen LogP contribution in [0.25, 0.3) is 54.2 Å². The summed E-state index contributed by atoms with van der Waals surface area (Å²) >= 11 is 0. The number of carbonyl (C=O) groups is 2. The van der Waals surface area contributed by atoms with Crippen molar-refractivity contribution in [1.29, 1.82) is 0 Å². The number of fused-ring (bicyclic) bond motifs is 9. The standard InChI is InChI=1S/C47H30O4/c1-3-43(48)50-37-21-15-31-25-35(19-13-33(31)27-37)47(36-20-14-34-28-38(51-44(49)4-2)22-16-32(34)26-36)45-39-11-7-5-9-29(39)17-23-41(45)42-24-18-30-10-6-8-12-40(30)46(42)47/h3-28H,1-2H2. The van der Waals surface area contributed by atoms with Gasteiger partial charge in [0.1, 0.15) is 11.5 Å². The summed E-state index contributed by atoms with van der Waals surface area (Å²) in [4.78, 5) is 24.0. The van der Waals surface area contributed by atoms with E-state index in [1.807, 2.05) is 36.4 Å². The van der Waals surface area contributed by atoms with Crippen LogP contribution in [-0.2, 0) is 15.0 Å². The lowest BCUT2D eigenvalue weighted by Gasteiger charge is -2.36. The predicted octanol–water partition coefficient (Wildman–Crippen LogP) is 10.8. The molecule has 0 heterocycles. The third-order valence-electron chi connectivity index (χ3n) is 10.2. The summed E-state index contributed by atoms with van der Waals surface area (Å²) in [7, 11) is 0. The van der Waals surface area contributed by atoms with Crippen LogP contribution in [-0.4, -0.2) is 11.9 Å². The maximum absolute atomic E-state index is 12.0. The molecule has 0 N–H and O–H groups in total. The zero-order valence-electron chi connectivity index (χ0n) is 27.6. The molecule has 1 aliphatic rings. The second-order valence-electron chi connectivity index (χ2n) is 12.9. The number of hydrogen-bond donors (Lipinski definition) is 0. The van der Waals surface area contributed by atoms with E-state index in [4.69, 9.17) is 9.47 Å². The SMILES string of the molecule is C=CC(=O)Oc1ccc2cc(C3(c4ccc5cc(OC(=O)C=C)ccc5c4)c4c(ccc5ccccc45)-c4ccc5ccccc5c43)ccc2c1. The lowest BCUT2D eigenvalue weighted by atomic mass is 9.65. The van der Waals surface area contributed by atoms with E-state index in [1.165, 1.54) is 56.0 Å². The van der Waals surface area contributed by atoms with E-state index >= 15 is 0 Å². The molecule has 242 valence electrons. The molecule has 0 radical (unpaired) electrons. The number of esters is 2. The predicted molar refractivity (Wildman–Crippen MR) is 205 cm³/mol. The lowest BCUT2D eigenvalue weighted by molar-refractivity contribution is -0.129. The van der Waals surface area contributed by atoms with E-state index in [9.17, 15) is 9.59 Å². The monoisotopic (exact) mass is 658 g/mol. The Kier molecular flexibility index (Phi) is 6.94. The van der Waals surface area contributed by atoms with E-state index in [0.717, 1.165) is 32.7 Å². The third kappa shape index (κ3) is 4.68. The van der Waals surface area contributed by atoms with Crippen LogP contribution >= 0.6 is 0 Å². The molecule has 0 saturated carbocycles. The number of benzene rings is 8. The first-order valence-electron chi connectivity index (χ1n) is 16.8. The Bertz CT molecular complexity index is 2600. The fourth-order valence-corrected chi connectivity index (χ4v) is 8.03. The fraction of sp³-hybridized carbons (Fsp3) is 0.0213. The van der Waals surface area contributed by atoms with Crippen molar-refractivity contribution in [1.82, 2.24) is 0 Å². The molecular formula is C47H30O4. The zero-order valence-corrected chi connectivity index (χ0v) is 27.6. The molecular weight excluding hydrogens is 629 g/mol. The molecule has 0 aliphatic heterocycles. The smallest absolute Gasteiger partial charge is 0.335 e. The number of carbonyl (C=O) groups excluding carboxylic acids is 2. The van der Waals surface area contributed by atoms with E-state index in [1.54, 1.807) is 0 Å². The van der Waals surface area contributed by atoms with Gasteiger partial charge in [0.05, 0.1) is 5.41 Å². The Hall–Kier alpha value is -6.78. The molecule has 8 aromatic carbocycles. The highest BCUT2D eigenvalue weighted by molar-refractivity contribution is 6.07. The molecule has 0 fully saturated rings. The van der Waals surface area contributed by atoms with Gasteiger partial charge in [-0.2, -0.15) is 0 Å². The van der Waals surface area contributed by atoms with E-state index in [-0.39, 0.29) is 0 Å². The fourth-order valence-electron chi connectivity index (χ4n) is 8.03. The molecule has 1 aliphatic carbocycles. The van der Waals surface area contributed by atoms with Gasteiger partial charge < -0.3 is 9.47 Å². The van der Waals surface area contributed by atoms with Gasteiger partial charge in [0, 0.05) is 12.2 Å².